The number of unbranched alkanes of at least 4 members (excludes halogenated alkanes) is 1. The number of aliphatic carboxylic acids is 1. The van der Waals surface area contributed by atoms with Crippen LogP contribution in [0.25, 0.3) is 10.9 Å². The average molecular weight is 578 g/mol. The number of amides is 4. The summed E-state index contributed by atoms with van der Waals surface area (Å²) in [5.74, 6) is -3.65. The van der Waals surface area contributed by atoms with Gasteiger partial charge < -0.3 is 43.2 Å². The Morgan fingerprint density at radius 3 is 2.25 bits per heavy atom. The summed E-state index contributed by atoms with van der Waals surface area (Å²) in [6, 6.07) is 2.67. The number of thioether (sulfide) groups is 1. The van der Waals surface area contributed by atoms with E-state index in [4.69, 9.17) is 17.2 Å². The standard InChI is InChI=1S/C26H39N7O6S/c1-40-11-9-17(28)23(35)32-20(13-22(29)34)25(37)31-19(8-4-5-10-27)24(36)33-21(26(38)39)12-15-14-30-18-7-3-2-6-16(15)18/h2-3,6-7,14,17,19-21,30H,4-5,8-13,27-28H2,1H3,(H2,29,34)(H,31,37)(H,32,35)(H,33,36)(H,38,39). The summed E-state index contributed by atoms with van der Waals surface area (Å²) < 4.78 is 0. The normalized spacial score (nSPS) is 14.1. The fraction of sp³-hybridized carbons (Fsp3) is 0.500. The van der Waals surface area contributed by atoms with E-state index in [-0.39, 0.29) is 12.8 Å². The van der Waals surface area contributed by atoms with Crippen molar-refractivity contribution in [1.29, 1.82) is 0 Å². The molecule has 40 heavy (non-hydrogen) atoms. The number of rotatable bonds is 18. The number of carbonyl (C=O) groups excluding carboxylic acids is 4. The molecule has 4 unspecified atom stereocenters. The zero-order valence-electron chi connectivity index (χ0n) is 22.5. The minimum Gasteiger partial charge on any atom is -0.480 e. The van der Waals surface area contributed by atoms with Crippen molar-refractivity contribution in [3.8, 4) is 0 Å². The van der Waals surface area contributed by atoms with Gasteiger partial charge in [-0.25, -0.2) is 4.79 Å². The number of benzene rings is 1. The van der Waals surface area contributed by atoms with Gasteiger partial charge in [-0.1, -0.05) is 18.2 Å². The largest absolute Gasteiger partial charge is 0.480 e. The van der Waals surface area contributed by atoms with Crippen molar-refractivity contribution in [2.75, 3.05) is 18.6 Å². The Kier molecular flexibility index (Phi) is 13.4. The first-order valence-corrected chi connectivity index (χ1v) is 14.4. The zero-order valence-corrected chi connectivity index (χ0v) is 23.3. The number of nitrogens with two attached hydrogens (primary N) is 3. The van der Waals surface area contributed by atoms with Crippen molar-refractivity contribution in [3.63, 3.8) is 0 Å². The predicted molar refractivity (Wildman–Crippen MR) is 153 cm³/mol. The van der Waals surface area contributed by atoms with Crippen LogP contribution < -0.4 is 33.2 Å². The maximum Gasteiger partial charge on any atom is 0.326 e. The van der Waals surface area contributed by atoms with Gasteiger partial charge in [0.25, 0.3) is 0 Å². The molecule has 0 aliphatic carbocycles. The van der Waals surface area contributed by atoms with Gasteiger partial charge in [-0.15, -0.1) is 0 Å². The topological polar surface area (TPSA) is 236 Å². The van der Waals surface area contributed by atoms with Crippen LogP contribution in [-0.2, 0) is 30.4 Å². The molecule has 11 N–H and O–H groups in total. The zero-order chi connectivity index (χ0) is 29.7. The molecule has 0 spiro atoms. The maximum atomic E-state index is 13.2. The van der Waals surface area contributed by atoms with Gasteiger partial charge in [0.15, 0.2) is 0 Å². The van der Waals surface area contributed by atoms with Gasteiger partial charge in [-0.2, -0.15) is 11.8 Å². The number of aromatic amines is 1. The molecule has 1 aromatic carbocycles. The lowest BCUT2D eigenvalue weighted by molar-refractivity contribution is -0.142. The van der Waals surface area contributed by atoms with Crippen LogP contribution in [0.1, 0.15) is 37.7 Å². The first kappa shape index (κ1) is 32.6. The highest BCUT2D eigenvalue weighted by Crippen LogP contribution is 2.19. The van der Waals surface area contributed by atoms with E-state index < -0.39 is 60.2 Å². The summed E-state index contributed by atoms with van der Waals surface area (Å²) in [7, 11) is 0. The highest BCUT2D eigenvalue weighted by atomic mass is 32.2. The van der Waals surface area contributed by atoms with E-state index in [9.17, 15) is 29.1 Å². The van der Waals surface area contributed by atoms with E-state index in [1.165, 1.54) is 11.8 Å². The highest BCUT2D eigenvalue weighted by Gasteiger charge is 2.31. The highest BCUT2D eigenvalue weighted by molar-refractivity contribution is 7.98. The van der Waals surface area contributed by atoms with Crippen molar-refractivity contribution >= 4 is 52.3 Å². The number of carboxylic acids is 1. The molecule has 0 radical (unpaired) electrons. The second kappa shape index (κ2) is 16.5. The van der Waals surface area contributed by atoms with E-state index >= 15 is 0 Å². The second-order valence-corrected chi connectivity index (χ2v) is 10.4. The van der Waals surface area contributed by atoms with Crippen LogP contribution in [-0.4, -0.2) is 82.4 Å². The van der Waals surface area contributed by atoms with Crippen LogP contribution in [0, 0.1) is 0 Å². The molecule has 0 saturated heterocycles. The first-order valence-electron chi connectivity index (χ1n) is 13.0. The van der Waals surface area contributed by atoms with Crippen molar-refractivity contribution in [2.45, 2.75) is 62.7 Å². The third-order valence-corrected chi connectivity index (χ3v) is 6.95. The Bertz CT molecular complexity index is 1170. The van der Waals surface area contributed by atoms with Gasteiger partial charge in [0.05, 0.1) is 12.5 Å². The summed E-state index contributed by atoms with van der Waals surface area (Å²) in [5.41, 5.74) is 18.3. The van der Waals surface area contributed by atoms with Crippen LogP contribution in [0.3, 0.4) is 0 Å². The third-order valence-electron chi connectivity index (χ3n) is 6.30. The van der Waals surface area contributed by atoms with E-state index in [1.54, 1.807) is 6.20 Å². The summed E-state index contributed by atoms with van der Waals surface area (Å²) in [5, 5.41) is 18.2. The number of para-hydroxylation sites is 1. The Labute approximate surface area is 236 Å². The van der Waals surface area contributed by atoms with Gasteiger partial charge in [0.1, 0.15) is 18.1 Å². The quantitative estimate of drug-likeness (QED) is 0.105. The monoisotopic (exact) mass is 577 g/mol. The molecular weight excluding hydrogens is 538 g/mol. The fourth-order valence-electron chi connectivity index (χ4n) is 4.09. The molecule has 0 bridgehead atoms. The molecule has 4 atom stereocenters. The number of primary amides is 1. The first-order chi connectivity index (χ1) is 19.1. The van der Waals surface area contributed by atoms with Gasteiger partial charge in [-0.05, 0) is 55.9 Å². The van der Waals surface area contributed by atoms with Crippen molar-refractivity contribution < 1.29 is 29.1 Å². The number of H-pyrrole nitrogens is 1. The van der Waals surface area contributed by atoms with Crippen LogP contribution in [0.15, 0.2) is 30.5 Å². The van der Waals surface area contributed by atoms with Crippen molar-refractivity contribution in [3.05, 3.63) is 36.0 Å². The number of hydrogen-bond acceptors (Lipinski definition) is 8. The Hall–Kier alpha value is -3.62. The van der Waals surface area contributed by atoms with Crippen molar-refractivity contribution in [1.82, 2.24) is 20.9 Å². The Balaban J connectivity index is 2.17. The predicted octanol–water partition coefficient (Wildman–Crippen LogP) is -0.666. The number of nitrogens with one attached hydrogen (secondary N) is 4. The lowest BCUT2D eigenvalue weighted by Gasteiger charge is -2.25. The number of fused-ring (bicyclic) bond motifs is 1. The molecule has 2 aromatic rings. The number of hydrogen-bond donors (Lipinski definition) is 8. The molecule has 1 aromatic heterocycles. The molecule has 1 heterocycles. The average Bonchev–Trinajstić information content (AvgIpc) is 3.32. The fourth-order valence-corrected chi connectivity index (χ4v) is 4.58. The third kappa shape index (κ3) is 10.2. The molecule has 0 fully saturated rings. The van der Waals surface area contributed by atoms with E-state index in [1.807, 2.05) is 30.5 Å². The molecular formula is C26H39N7O6S. The molecule has 13 nitrogen and oxygen atoms in total. The minimum absolute atomic E-state index is 0.00282. The minimum atomic E-state index is -1.36. The van der Waals surface area contributed by atoms with E-state index in [0.717, 1.165) is 10.9 Å². The van der Waals surface area contributed by atoms with E-state index in [0.29, 0.717) is 37.1 Å². The summed E-state index contributed by atoms with van der Waals surface area (Å²) in [6.45, 7) is 0.356. The molecule has 0 saturated carbocycles. The summed E-state index contributed by atoms with van der Waals surface area (Å²) >= 11 is 1.50. The van der Waals surface area contributed by atoms with Crippen LogP contribution in [0.4, 0.5) is 0 Å². The molecule has 0 aliphatic rings. The molecule has 220 valence electrons. The Morgan fingerprint density at radius 2 is 1.60 bits per heavy atom. The van der Waals surface area contributed by atoms with Gasteiger partial charge in [-0.3, -0.25) is 19.2 Å². The molecule has 4 amide bonds. The van der Waals surface area contributed by atoms with Crippen LogP contribution in [0.5, 0.6) is 0 Å². The summed E-state index contributed by atoms with van der Waals surface area (Å²) in [4.78, 5) is 65.6. The number of carbonyl (C=O) groups is 5. The summed E-state index contributed by atoms with van der Waals surface area (Å²) in [6.07, 6.45) is 4.57. The number of carboxylic acid groups (broad SMARTS) is 1. The van der Waals surface area contributed by atoms with Crippen molar-refractivity contribution in [2.24, 2.45) is 17.2 Å². The Morgan fingerprint density at radius 1 is 0.950 bits per heavy atom. The van der Waals surface area contributed by atoms with Gasteiger partial charge in [0.2, 0.25) is 23.6 Å². The SMILES string of the molecule is CSCCC(N)C(=O)NC(CC(N)=O)C(=O)NC(CCCCN)C(=O)NC(Cc1c[nH]c2ccccc12)C(=O)O. The molecule has 2 rings (SSSR count). The van der Waals surface area contributed by atoms with Gasteiger partial charge in [0, 0.05) is 23.5 Å². The van der Waals surface area contributed by atoms with Crippen LogP contribution in [0.2, 0.25) is 0 Å². The molecule has 14 heteroatoms. The number of aromatic nitrogens is 1. The van der Waals surface area contributed by atoms with Gasteiger partial charge >= 0.3 is 5.97 Å². The van der Waals surface area contributed by atoms with Crippen LogP contribution >= 0.6 is 11.8 Å². The second-order valence-electron chi connectivity index (χ2n) is 9.43. The lowest BCUT2D eigenvalue weighted by atomic mass is 10.0. The van der Waals surface area contributed by atoms with E-state index in [2.05, 4.69) is 20.9 Å². The smallest absolute Gasteiger partial charge is 0.326 e. The molecule has 0 aliphatic heterocycles. The lowest BCUT2D eigenvalue weighted by Crippen LogP contribution is -2.58. The maximum absolute atomic E-state index is 13.2.